The summed E-state index contributed by atoms with van der Waals surface area (Å²) in [6.07, 6.45) is 11.1. The molecule has 306 valence electrons. The van der Waals surface area contributed by atoms with Crippen LogP contribution in [0.2, 0.25) is 0 Å². The van der Waals surface area contributed by atoms with Gasteiger partial charge in [-0.15, -0.1) is 0 Å². The number of aromatic nitrogens is 4. The summed E-state index contributed by atoms with van der Waals surface area (Å²) in [6, 6.07) is 14.9. The lowest BCUT2D eigenvalue weighted by Gasteiger charge is -2.37. The van der Waals surface area contributed by atoms with Crippen molar-refractivity contribution >= 4 is 36.2 Å². The first-order valence-electron chi connectivity index (χ1n) is 20.3. The molecule has 4 N–H and O–H groups in total. The molecule has 0 spiro atoms. The molecule has 2 aromatic heterocycles. The average molecular weight is 791 g/mol. The third kappa shape index (κ3) is 8.37. The number of nitrogens with zero attached hydrogens (tertiary/aromatic N) is 4. The normalized spacial score (nSPS) is 21.2. The Morgan fingerprint density at radius 3 is 1.78 bits per heavy atom. The van der Waals surface area contributed by atoms with Gasteiger partial charge in [-0.1, -0.05) is 88.4 Å². The number of likely N-dealkylation sites (tertiary alicyclic amines) is 2. The Kier molecular flexibility index (Phi) is 12.0. The number of alkyl carbamates (subject to hydrolysis) is 2. The van der Waals surface area contributed by atoms with E-state index in [0.717, 1.165) is 77.4 Å². The van der Waals surface area contributed by atoms with Crippen LogP contribution in [0, 0.1) is 17.8 Å². The Balaban J connectivity index is 0.981. The van der Waals surface area contributed by atoms with Gasteiger partial charge in [-0.25, -0.2) is 19.6 Å². The van der Waals surface area contributed by atoms with Crippen LogP contribution >= 0.6 is 0 Å². The van der Waals surface area contributed by atoms with Crippen LogP contribution in [-0.2, 0) is 19.1 Å². The number of nitrogens with one attached hydrogen (secondary N) is 4. The molecule has 58 heavy (non-hydrogen) atoms. The number of piperidine rings is 1. The number of H-pyrrole nitrogens is 2. The van der Waals surface area contributed by atoms with Crippen LogP contribution in [0.25, 0.3) is 34.7 Å². The van der Waals surface area contributed by atoms with E-state index in [9.17, 15) is 19.2 Å². The fourth-order valence-corrected chi connectivity index (χ4v) is 8.74. The molecular formula is C44H54N8O6. The van der Waals surface area contributed by atoms with E-state index >= 15 is 0 Å². The molecule has 7 rings (SSSR count). The van der Waals surface area contributed by atoms with Crippen LogP contribution in [0.4, 0.5) is 9.59 Å². The smallest absolute Gasteiger partial charge is 0.407 e. The average Bonchev–Trinajstić information content (AvgIpc) is 4.09. The zero-order chi connectivity index (χ0) is 41.1. The molecular weight excluding hydrogens is 737 g/mol. The molecule has 2 aromatic carbocycles. The summed E-state index contributed by atoms with van der Waals surface area (Å²) in [7, 11) is 2.60. The first kappa shape index (κ1) is 40.3. The van der Waals surface area contributed by atoms with Crippen LogP contribution in [0.1, 0.15) is 94.7 Å². The summed E-state index contributed by atoms with van der Waals surface area (Å²) in [5.41, 5.74) is 5.82. The summed E-state index contributed by atoms with van der Waals surface area (Å²) in [6.45, 7) is 8.26. The van der Waals surface area contributed by atoms with E-state index in [2.05, 4.69) is 74.1 Å². The number of aromatic amines is 2. The highest BCUT2D eigenvalue weighted by molar-refractivity contribution is 5.87. The van der Waals surface area contributed by atoms with Crippen molar-refractivity contribution in [2.75, 3.05) is 20.8 Å². The maximum absolute atomic E-state index is 13.9. The number of benzene rings is 2. The SMILES string of the molecule is COC(=O)N[C@H](C(=O)N1CCC[C@H]1c1ncc(-c2ccc(/C=C/c3ccc(-c4cnc([C@@H]5C6CCC(C6)N5C(=O)[C@@H](NC(=O)OC)C(C)C)[nH]4)cc3)cc2)[nH]1)C(C)C. The third-order valence-electron chi connectivity index (χ3n) is 11.9. The van der Waals surface area contributed by atoms with Crippen LogP contribution in [-0.4, -0.2) is 92.6 Å². The Morgan fingerprint density at radius 2 is 1.24 bits per heavy atom. The van der Waals surface area contributed by atoms with Crippen molar-refractivity contribution in [2.45, 2.75) is 90.0 Å². The zero-order valence-electron chi connectivity index (χ0n) is 34.0. The molecule has 4 heterocycles. The minimum absolute atomic E-state index is 0.0920. The van der Waals surface area contributed by atoms with Gasteiger partial charge in [-0.2, -0.15) is 0 Å². The number of hydrogen-bond donors (Lipinski definition) is 4. The van der Waals surface area contributed by atoms with Gasteiger partial charge in [0, 0.05) is 12.6 Å². The van der Waals surface area contributed by atoms with Crippen molar-refractivity contribution < 1.29 is 28.7 Å². The van der Waals surface area contributed by atoms with Gasteiger partial charge in [0.15, 0.2) is 0 Å². The van der Waals surface area contributed by atoms with Crippen molar-refractivity contribution in [1.29, 1.82) is 0 Å². The molecule has 2 bridgehead atoms. The lowest BCUT2D eigenvalue weighted by Crippen LogP contribution is -2.54. The Bertz CT molecular complexity index is 2120. The Hall–Kier alpha value is -5.92. The molecule has 6 atom stereocenters. The molecule has 3 aliphatic rings. The molecule has 0 radical (unpaired) electrons. The van der Waals surface area contributed by atoms with Crippen molar-refractivity contribution in [2.24, 2.45) is 17.8 Å². The topological polar surface area (TPSA) is 175 Å². The minimum atomic E-state index is -0.683. The van der Waals surface area contributed by atoms with E-state index in [4.69, 9.17) is 14.5 Å². The second-order valence-corrected chi connectivity index (χ2v) is 16.3. The molecule has 3 fully saturated rings. The quantitative estimate of drug-likeness (QED) is 0.110. The molecule has 1 saturated carbocycles. The highest BCUT2D eigenvalue weighted by atomic mass is 16.5. The molecule has 2 aliphatic heterocycles. The van der Waals surface area contributed by atoms with E-state index in [1.807, 2.05) is 55.8 Å². The molecule has 4 aromatic rings. The lowest BCUT2D eigenvalue weighted by atomic mass is 9.95. The number of fused-ring (bicyclic) bond motifs is 2. The Labute approximate surface area is 339 Å². The fourth-order valence-electron chi connectivity index (χ4n) is 8.74. The third-order valence-corrected chi connectivity index (χ3v) is 11.9. The standard InChI is InChI=1S/C44H54N8O6/c1-25(2)36(49-43(55)57-5)41(53)51-21-7-8-35(51)39-45-23-33(47-39)29-15-11-27(12-16-29)9-10-28-13-17-30(18-14-28)34-24-46-40(48-34)38-31-19-20-32(22-31)52(38)42(54)37(26(3)4)50-44(56)58-6/h9-18,23-26,31-32,35-38H,7-8,19-22H2,1-6H3,(H,45,47)(H,46,48)(H,49,55)(H,50,56)/b10-9+/t31?,32?,35-,36-,37-,38-/m0/s1. The van der Waals surface area contributed by atoms with E-state index in [-0.39, 0.29) is 41.8 Å². The first-order valence-corrected chi connectivity index (χ1v) is 20.3. The maximum atomic E-state index is 13.9. The first-order chi connectivity index (χ1) is 27.9. The van der Waals surface area contributed by atoms with Gasteiger partial charge in [0.25, 0.3) is 0 Å². The number of carbonyl (C=O) groups is 4. The maximum Gasteiger partial charge on any atom is 0.407 e. The molecule has 14 heteroatoms. The summed E-state index contributed by atoms with van der Waals surface area (Å²) in [4.78, 5) is 71.6. The number of methoxy groups -OCH3 is 2. The number of carbonyl (C=O) groups excluding carboxylic acids is 4. The number of imidazole rings is 2. The highest BCUT2D eigenvalue weighted by Crippen LogP contribution is 2.50. The zero-order valence-corrected chi connectivity index (χ0v) is 34.0. The van der Waals surface area contributed by atoms with E-state index in [1.54, 1.807) is 6.20 Å². The van der Waals surface area contributed by atoms with E-state index < -0.39 is 24.3 Å². The molecule has 1 aliphatic carbocycles. The van der Waals surface area contributed by atoms with Crippen molar-refractivity contribution in [3.63, 3.8) is 0 Å². The summed E-state index contributed by atoms with van der Waals surface area (Å²) in [5, 5.41) is 5.45. The largest absolute Gasteiger partial charge is 0.453 e. The molecule has 14 nitrogen and oxygen atoms in total. The second kappa shape index (κ2) is 17.3. The van der Waals surface area contributed by atoms with Gasteiger partial charge in [0.05, 0.1) is 50.1 Å². The van der Waals surface area contributed by atoms with Gasteiger partial charge in [0.1, 0.15) is 23.7 Å². The lowest BCUT2D eigenvalue weighted by molar-refractivity contribution is -0.139. The van der Waals surface area contributed by atoms with Crippen LogP contribution in [0.15, 0.2) is 60.9 Å². The summed E-state index contributed by atoms with van der Waals surface area (Å²) < 4.78 is 9.56. The van der Waals surface area contributed by atoms with Crippen LogP contribution in [0.3, 0.4) is 0 Å². The minimum Gasteiger partial charge on any atom is -0.453 e. The fraction of sp³-hybridized carbons (Fsp3) is 0.455. The van der Waals surface area contributed by atoms with Gasteiger partial charge < -0.3 is 39.9 Å². The van der Waals surface area contributed by atoms with Gasteiger partial charge in [-0.05, 0) is 72.1 Å². The van der Waals surface area contributed by atoms with E-state index in [1.165, 1.54) is 14.2 Å². The summed E-state index contributed by atoms with van der Waals surface area (Å²) >= 11 is 0. The molecule has 4 amide bonds. The number of amides is 4. The predicted molar refractivity (Wildman–Crippen MR) is 220 cm³/mol. The van der Waals surface area contributed by atoms with Crippen molar-refractivity contribution in [1.82, 2.24) is 40.4 Å². The van der Waals surface area contributed by atoms with Crippen molar-refractivity contribution in [3.05, 3.63) is 83.7 Å². The van der Waals surface area contributed by atoms with Crippen molar-refractivity contribution in [3.8, 4) is 22.5 Å². The van der Waals surface area contributed by atoms with Crippen LogP contribution < -0.4 is 10.6 Å². The van der Waals surface area contributed by atoms with E-state index in [0.29, 0.717) is 12.5 Å². The Morgan fingerprint density at radius 1 is 0.724 bits per heavy atom. The summed E-state index contributed by atoms with van der Waals surface area (Å²) in [5.74, 6) is 1.39. The molecule has 2 unspecified atom stereocenters. The second-order valence-electron chi connectivity index (χ2n) is 16.3. The molecule has 2 saturated heterocycles. The highest BCUT2D eigenvalue weighted by Gasteiger charge is 2.51. The van der Waals surface area contributed by atoms with Gasteiger partial charge >= 0.3 is 12.2 Å². The number of ether oxygens (including phenoxy) is 2. The van der Waals surface area contributed by atoms with Crippen LogP contribution in [0.5, 0.6) is 0 Å². The number of rotatable bonds is 12. The van der Waals surface area contributed by atoms with Gasteiger partial charge in [-0.3, -0.25) is 9.59 Å². The monoisotopic (exact) mass is 790 g/mol. The number of hydrogen-bond acceptors (Lipinski definition) is 8. The predicted octanol–water partition coefficient (Wildman–Crippen LogP) is 7.11. The van der Waals surface area contributed by atoms with Gasteiger partial charge in [0.2, 0.25) is 11.8 Å².